The first-order chi connectivity index (χ1) is 18.5. The molecule has 1 aromatic carbocycles. The topological polar surface area (TPSA) is 120 Å². The number of carboxylic acids is 1. The van der Waals surface area contributed by atoms with Crippen molar-refractivity contribution in [2.24, 2.45) is 7.05 Å². The number of fused-ring (bicyclic) bond motifs is 1. The lowest BCUT2D eigenvalue weighted by molar-refractivity contribution is 0.0696. The van der Waals surface area contributed by atoms with E-state index in [0.29, 0.717) is 27.7 Å². The summed E-state index contributed by atoms with van der Waals surface area (Å²) in [5.74, 6) is -1.21. The molecule has 1 atom stereocenters. The molecule has 3 aromatic heterocycles. The number of amides is 1. The van der Waals surface area contributed by atoms with Crippen LogP contribution in [0.3, 0.4) is 0 Å². The quantitative estimate of drug-likeness (QED) is 0.348. The van der Waals surface area contributed by atoms with Gasteiger partial charge in [-0.15, -0.1) is 0 Å². The molecule has 1 aliphatic rings. The van der Waals surface area contributed by atoms with Crippen LogP contribution in [0.15, 0.2) is 53.6 Å². The number of carbonyl (C=O) groups is 2. The highest BCUT2D eigenvalue weighted by atomic mass is 35.5. The molecule has 0 radical (unpaired) electrons. The fourth-order valence-corrected chi connectivity index (χ4v) is 5.22. The van der Waals surface area contributed by atoms with Gasteiger partial charge in [0.1, 0.15) is 17.6 Å². The van der Waals surface area contributed by atoms with Gasteiger partial charge in [-0.3, -0.25) is 14.5 Å². The number of anilines is 1. The molecule has 1 N–H and O–H groups in total. The highest BCUT2D eigenvalue weighted by Crippen LogP contribution is 2.45. The summed E-state index contributed by atoms with van der Waals surface area (Å²) in [5.41, 5.74) is 1.26. The largest absolute Gasteiger partial charge is 0.480 e. The molecule has 0 bridgehead atoms. The van der Waals surface area contributed by atoms with Gasteiger partial charge in [0.2, 0.25) is 5.88 Å². The number of methoxy groups -OCH3 is 1. The van der Waals surface area contributed by atoms with Gasteiger partial charge in [0.25, 0.3) is 11.5 Å². The summed E-state index contributed by atoms with van der Waals surface area (Å²) in [6.45, 7) is 3.83. The maximum Gasteiger partial charge on any atom is 0.337 e. The molecule has 200 valence electrons. The van der Waals surface area contributed by atoms with E-state index in [1.54, 1.807) is 31.3 Å². The van der Waals surface area contributed by atoms with Crippen molar-refractivity contribution in [3.63, 3.8) is 0 Å². The predicted molar refractivity (Wildman–Crippen MR) is 146 cm³/mol. The number of carboxylic acid groups (broad SMARTS) is 1. The van der Waals surface area contributed by atoms with Gasteiger partial charge in [-0.2, -0.15) is 0 Å². The minimum absolute atomic E-state index is 0.0612. The number of aryl methyl sites for hydroxylation is 1. The molecule has 0 saturated heterocycles. The van der Waals surface area contributed by atoms with Crippen molar-refractivity contribution in [2.45, 2.75) is 25.9 Å². The van der Waals surface area contributed by atoms with E-state index in [1.165, 1.54) is 41.1 Å². The number of hydrogen-bond donors (Lipinski definition) is 1. The highest BCUT2D eigenvalue weighted by Gasteiger charge is 2.46. The molecule has 0 fully saturated rings. The van der Waals surface area contributed by atoms with Gasteiger partial charge in [-0.25, -0.2) is 14.8 Å². The second kappa shape index (κ2) is 9.87. The SMILES string of the molecule is COc1ncc(C(=O)O)cc1-c1nc2c(n1C(C)C)[C@H](c1ccc(Cl)cc1)N(c1cc(Cl)cn(C)c1=O)C2=O. The molecular weight excluding hydrogens is 545 g/mol. The fourth-order valence-electron chi connectivity index (χ4n) is 4.85. The first-order valence-electron chi connectivity index (χ1n) is 11.9. The van der Waals surface area contributed by atoms with E-state index < -0.39 is 23.5 Å². The van der Waals surface area contributed by atoms with E-state index in [1.807, 2.05) is 18.4 Å². The first-order valence-corrected chi connectivity index (χ1v) is 12.6. The number of nitrogens with zero attached hydrogens (tertiary/aromatic N) is 5. The van der Waals surface area contributed by atoms with Gasteiger partial charge in [-0.05, 0) is 43.7 Å². The fraction of sp³-hybridized carbons (Fsp3) is 0.222. The number of imidazole rings is 1. The zero-order valence-electron chi connectivity index (χ0n) is 21.3. The van der Waals surface area contributed by atoms with Crippen LogP contribution >= 0.6 is 23.2 Å². The average Bonchev–Trinajstić information content (AvgIpc) is 3.41. The van der Waals surface area contributed by atoms with Crippen molar-refractivity contribution >= 4 is 40.8 Å². The van der Waals surface area contributed by atoms with Crippen LogP contribution in [0.4, 0.5) is 5.69 Å². The van der Waals surface area contributed by atoms with Gasteiger partial charge in [0, 0.05) is 30.5 Å². The lowest BCUT2D eigenvalue weighted by atomic mass is 10.0. The third-order valence-electron chi connectivity index (χ3n) is 6.51. The summed E-state index contributed by atoms with van der Waals surface area (Å²) in [5, 5.41) is 10.4. The molecular formula is C27H23Cl2N5O5. The van der Waals surface area contributed by atoms with Gasteiger partial charge in [-0.1, -0.05) is 35.3 Å². The third kappa shape index (κ3) is 4.35. The minimum Gasteiger partial charge on any atom is -0.480 e. The van der Waals surface area contributed by atoms with Gasteiger partial charge >= 0.3 is 5.97 Å². The Morgan fingerprint density at radius 2 is 1.79 bits per heavy atom. The van der Waals surface area contributed by atoms with Crippen molar-refractivity contribution in [1.82, 2.24) is 19.1 Å². The number of halogens is 2. The molecule has 5 rings (SSSR count). The molecule has 4 aromatic rings. The summed E-state index contributed by atoms with van der Waals surface area (Å²) >= 11 is 12.5. The van der Waals surface area contributed by atoms with Gasteiger partial charge < -0.3 is 19.0 Å². The normalized spacial score (nSPS) is 14.7. The highest BCUT2D eigenvalue weighted by molar-refractivity contribution is 6.31. The molecule has 39 heavy (non-hydrogen) atoms. The van der Waals surface area contributed by atoms with Gasteiger partial charge in [0.15, 0.2) is 5.69 Å². The lowest BCUT2D eigenvalue weighted by Gasteiger charge is -2.28. The molecule has 0 saturated carbocycles. The number of rotatable bonds is 6. The zero-order chi connectivity index (χ0) is 28.2. The second-order valence-corrected chi connectivity index (χ2v) is 10.2. The Labute approximate surface area is 233 Å². The van der Waals surface area contributed by atoms with Crippen molar-refractivity contribution in [1.29, 1.82) is 0 Å². The molecule has 0 spiro atoms. The first kappa shape index (κ1) is 26.5. The summed E-state index contributed by atoms with van der Waals surface area (Å²) in [7, 11) is 2.98. The number of hydrogen-bond acceptors (Lipinski definition) is 6. The molecule has 1 amide bonds. The Hall–Kier alpha value is -4.15. The molecule has 0 aliphatic carbocycles. The van der Waals surface area contributed by atoms with Crippen LogP contribution in [-0.2, 0) is 7.05 Å². The van der Waals surface area contributed by atoms with Crippen LogP contribution in [0.5, 0.6) is 5.88 Å². The van der Waals surface area contributed by atoms with Crippen LogP contribution in [0, 0.1) is 0 Å². The number of aromatic nitrogens is 4. The number of aromatic carboxylic acids is 1. The summed E-state index contributed by atoms with van der Waals surface area (Å²) in [4.78, 5) is 49.3. The molecule has 4 heterocycles. The summed E-state index contributed by atoms with van der Waals surface area (Å²) in [6.07, 6.45) is 2.66. The number of carbonyl (C=O) groups excluding carboxylic acids is 1. The van der Waals surface area contributed by atoms with Crippen LogP contribution in [0.1, 0.15) is 58.0 Å². The Kier molecular flexibility index (Phi) is 6.69. The van der Waals surface area contributed by atoms with E-state index >= 15 is 0 Å². The lowest BCUT2D eigenvalue weighted by Crippen LogP contribution is -2.36. The summed E-state index contributed by atoms with van der Waals surface area (Å²) in [6, 6.07) is 8.84. The number of benzene rings is 1. The maximum atomic E-state index is 14.1. The van der Waals surface area contributed by atoms with Crippen LogP contribution < -0.4 is 15.2 Å². The van der Waals surface area contributed by atoms with E-state index in [2.05, 4.69) is 4.98 Å². The van der Waals surface area contributed by atoms with E-state index in [9.17, 15) is 19.5 Å². The number of pyridine rings is 2. The molecule has 10 nitrogen and oxygen atoms in total. The third-order valence-corrected chi connectivity index (χ3v) is 6.97. The Morgan fingerprint density at radius 1 is 1.10 bits per heavy atom. The van der Waals surface area contributed by atoms with Crippen LogP contribution in [0.2, 0.25) is 10.0 Å². The van der Waals surface area contributed by atoms with E-state index in [-0.39, 0.29) is 33.9 Å². The van der Waals surface area contributed by atoms with Crippen LogP contribution in [0.25, 0.3) is 11.4 Å². The molecule has 1 aliphatic heterocycles. The van der Waals surface area contributed by atoms with E-state index in [0.717, 1.165) is 0 Å². The zero-order valence-corrected chi connectivity index (χ0v) is 22.9. The Bertz CT molecular complexity index is 1690. The van der Waals surface area contributed by atoms with Crippen LogP contribution in [-0.4, -0.2) is 43.2 Å². The van der Waals surface area contributed by atoms with Crippen molar-refractivity contribution in [3.8, 4) is 17.3 Å². The summed E-state index contributed by atoms with van der Waals surface area (Å²) < 4.78 is 8.58. The van der Waals surface area contributed by atoms with Crippen molar-refractivity contribution < 1.29 is 19.4 Å². The molecule has 12 heteroatoms. The number of ether oxygens (including phenoxy) is 1. The Balaban J connectivity index is 1.83. The van der Waals surface area contributed by atoms with Crippen molar-refractivity contribution in [3.05, 3.63) is 91.7 Å². The smallest absolute Gasteiger partial charge is 0.337 e. The van der Waals surface area contributed by atoms with Gasteiger partial charge in [0.05, 0.1) is 29.0 Å². The monoisotopic (exact) mass is 567 g/mol. The average molecular weight is 568 g/mol. The minimum atomic E-state index is -1.17. The Morgan fingerprint density at radius 3 is 2.41 bits per heavy atom. The standard InChI is InChI=1S/C27H23Cl2N5O5/c1-13(2)33-22-20(31-23(33)18-9-15(27(37)38)11-30-24(18)39-4)26(36)34(19-10-17(29)12-32(3)25(19)35)21(22)14-5-7-16(28)8-6-14/h5-13,21H,1-4H3,(H,37,38)/t21-/m0/s1. The second-order valence-electron chi connectivity index (χ2n) is 9.31. The van der Waals surface area contributed by atoms with Crippen molar-refractivity contribution in [2.75, 3.05) is 12.0 Å². The van der Waals surface area contributed by atoms with E-state index in [4.69, 9.17) is 32.9 Å². The maximum absolute atomic E-state index is 14.1. The predicted octanol–water partition coefficient (Wildman–Crippen LogP) is 4.99. The molecule has 0 unspecified atom stereocenters.